The number of benzene rings is 2. The Morgan fingerprint density at radius 3 is 2.18 bits per heavy atom. The topological polar surface area (TPSA) is 26.3 Å². The predicted octanol–water partition coefficient (Wildman–Crippen LogP) is 4.33. The molecule has 0 unspecified atom stereocenters. The monoisotopic (exact) mass is 312 g/mol. The van der Waals surface area contributed by atoms with Gasteiger partial charge >= 0.3 is 5.97 Å². The summed E-state index contributed by atoms with van der Waals surface area (Å²) in [6.45, 7) is 3.03. The Hall–Kier alpha value is -2.37. The number of esters is 1. The number of ether oxygens (including phenoxy) is 1. The van der Waals surface area contributed by atoms with Gasteiger partial charge in [-0.2, -0.15) is 4.39 Å². The molecular formula is C16H12F4O2. The minimum Gasteiger partial charge on any atom is -0.419 e. The van der Waals surface area contributed by atoms with Crippen LogP contribution >= 0.6 is 0 Å². The SMILES string of the molecule is CCc1c(F)c(F)c(F)c(F)c1OC(=O)c1ccccc1C. The first-order valence-electron chi connectivity index (χ1n) is 6.51. The van der Waals surface area contributed by atoms with E-state index in [2.05, 4.69) is 0 Å². The van der Waals surface area contributed by atoms with E-state index < -0.39 is 40.6 Å². The molecule has 116 valence electrons. The maximum Gasteiger partial charge on any atom is 0.343 e. The molecule has 0 aliphatic heterocycles. The Bertz CT molecular complexity index is 741. The van der Waals surface area contributed by atoms with Crippen LogP contribution < -0.4 is 4.74 Å². The minimum absolute atomic E-state index is 0.120. The van der Waals surface area contributed by atoms with Gasteiger partial charge in [0.2, 0.25) is 11.6 Å². The molecule has 0 aliphatic rings. The zero-order chi connectivity index (χ0) is 16.4. The standard InChI is InChI=1S/C16H12F4O2/c1-3-9-11(17)12(18)13(19)14(20)15(9)22-16(21)10-7-5-4-6-8(10)2/h4-7H,3H2,1-2H3. The molecule has 2 rings (SSSR count). The molecule has 0 saturated carbocycles. The zero-order valence-electron chi connectivity index (χ0n) is 11.8. The number of aryl methyl sites for hydroxylation is 1. The van der Waals surface area contributed by atoms with Crippen molar-refractivity contribution in [3.8, 4) is 5.75 Å². The van der Waals surface area contributed by atoms with Crippen LogP contribution in [0.4, 0.5) is 17.6 Å². The maximum absolute atomic E-state index is 13.8. The van der Waals surface area contributed by atoms with Crippen LogP contribution in [0.15, 0.2) is 24.3 Å². The van der Waals surface area contributed by atoms with E-state index >= 15 is 0 Å². The van der Waals surface area contributed by atoms with Crippen LogP contribution in [0, 0.1) is 30.2 Å². The lowest BCUT2D eigenvalue weighted by atomic mass is 10.1. The summed E-state index contributed by atoms with van der Waals surface area (Å²) in [5.41, 5.74) is 0.140. The highest BCUT2D eigenvalue weighted by molar-refractivity contribution is 5.92. The lowest BCUT2D eigenvalue weighted by Gasteiger charge is -2.13. The van der Waals surface area contributed by atoms with Crippen LogP contribution in [-0.4, -0.2) is 5.97 Å². The van der Waals surface area contributed by atoms with Gasteiger partial charge < -0.3 is 4.74 Å². The molecule has 0 saturated heterocycles. The van der Waals surface area contributed by atoms with Crippen molar-refractivity contribution in [3.63, 3.8) is 0 Å². The molecule has 2 aromatic carbocycles. The maximum atomic E-state index is 13.8. The molecule has 0 heterocycles. The normalized spacial score (nSPS) is 10.6. The first-order valence-corrected chi connectivity index (χ1v) is 6.51. The fourth-order valence-electron chi connectivity index (χ4n) is 2.03. The molecule has 0 bridgehead atoms. The van der Waals surface area contributed by atoms with E-state index in [1.165, 1.54) is 13.0 Å². The molecule has 0 aliphatic carbocycles. The van der Waals surface area contributed by atoms with Gasteiger partial charge in [-0.15, -0.1) is 0 Å². The molecule has 0 amide bonds. The van der Waals surface area contributed by atoms with Gasteiger partial charge in [0, 0.05) is 5.56 Å². The van der Waals surface area contributed by atoms with Crippen LogP contribution in [-0.2, 0) is 6.42 Å². The summed E-state index contributed by atoms with van der Waals surface area (Å²) in [5.74, 6) is -9.12. The third-order valence-electron chi connectivity index (χ3n) is 3.23. The van der Waals surface area contributed by atoms with Gasteiger partial charge in [0.05, 0.1) is 5.56 Å². The second-order valence-electron chi connectivity index (χ2n) is 4.62. The first-order chi connectivity index (χ1) is 10.4. The molecule has 0 N–H and O–H groups in total. The van der Waals surface area contributed by atoms with Crippen molar-refractivity contribution in [2.75, 3.05) is 0 Å². The summed E-state index contributed by atoms with van der Waals surface area (Å²) in [4.78, 5) is 12.0. The fraction of sp³-hybridized carbons (Fsp3) is 0.188. The van der Waals surface area contributed by atoms with Crippen LogP contribution in [0.25, 0.3) is 0 Å². The van der Waals surface area contributed by atoms with Gasteiger partial charge in [-0.3, -0.25) is 0 Å². The van der Waals surface area contributed by atoms with Crippen molar-refractivity contribution in [1.29, 1.82) is 0 Å². The third-order valence-corrected chi connectivity index (χ3v) is 3.23. The van der Waals surface area contributed by atoms with E-state index in [-0.39, 0.29) is 12.0 Å². The molecule has 2 nitrogen and oxygen atoms in total. The van der Waals surface area contributed by atoms with E-state index in [1.54, 1.807) is 25.1 Å². The fourth-order valence-corrected chi connectivity index (χ4v) is 2.03. The van der Waals surface area contributed by atoms with Crippen molar-refractivity contribution in [3.05, 3.63) is 64.2 Å². The van der Waals surface area contributed by atoms with Crippen molar-refractivity contribution in [2.24, 2.45) is 0 Å². The second kappa shape index (κ2) is 6.17. The van der Waals surface area contributed by atoms with Crippen molar-refractivity contribution in [1.82, 2.24) is 0 Å². The molecule has 0 radical (unpaired) electrons. The number of halogens is 4. The van der Waals surface area contributed by atoms with E-state index in [0.717, 1.165) is 0 Å². The van der Waals surface area contributed by atoms with Crippen LogP contribution in [0.2, 0.25) is 0 Å². The highest BCUT2D eigenvalue weighted by Gasteiger charge is 2.27. The average molecular weight is 312 g/mol. The van der Waals surface area contributed by atoms with Gasteiger partial charge in [-0.1, -0.05) is 25.1 Å². The molecule has 0 fully saturated rings. The summed E-state index contributed by atoms with van der Waals surface area (Å²) in [6.07, 6.45) is -0.170. The summed E-state index contributed by atoms with van der Waals surface area (Å²) in [5, 5.41) is 0. The Morgan fingerprint density at radius 1 is 1.00 bits per heavy atom. The highest BCUT2D eigenvalue weighted by atomic mass is 19.2. The Kier molecular flexibility index (Phi) is 4.49. The lowest BCUT2D eigenvalue weighted by Crippen LogP contribution is -2.15. The average Bonchev–Trinajstić information content (AvgIpc) is 2.51. The predicted molar refractivity (Wildman–Crippen MR) is 71.8 cm³/mol. The molecule has 2 aromatic rings. The number of hydrogen-bond donors (Lipinski definition) is 0. The molecular weight excluding hydrogens is 300 g/mol. The number of hydrogen-bond acceptors (Lipinski definition) is 2. The van der Waals surface area contributed by atoms with Gasteiger partial charge in [0.15, 0.2) is 17.4 Å². The van der Waals surface area contributed by atoms with Crippen LogP contribution in [0.5, 0.6) is 5.75 Å². The molecule has 22 heavy (non-hydrogen) atoms. The van der Waals surface area contributed by atoms with E-state index in [4.69, 9.17) is 4.74 Å². The summed E-state index contributed by atoms with van der Waals surface area (Å²) in [6, 6.07) is 6.30. The Morgan fingerprint density at radius 2 is 1.59 bits per heavy atom. The van der Waals surface area contributed by atoms with E-state index in [9.17, 15) is 22.4 Å². The molecule has 0 spiro atoms. The quantitative estimate of drug-likeness (QED) is 0.277. The van der Waals surface area contributed by atoms with Gasteiger partial charge in [0.25, 0.3) is 0 Å². The molecule has 6 heteroatoms. The van der Waals surface area contributed by atoms with Crippen LogP contribution in [0.1, 0.15) is 28.4 Å². The summed E-state index contributed by atoms with van der Waals surface area (Å²) >= 11 is 0. The second-order valence-corrected chi connectivity index (χ2v) is 4.62. The minimum atomic E-state index is -2.01. The van der Waals surface area contributed by atoms with Gasteiger partial charge in [-0.05, 0) is 25.0 Å². The third kappa shape index (κ3) is 2.68. The zero-order valence-corrected chi connectivity index (χ0v) is 11.8. The Labute approximate surface area is 124 Å². The lowest BCUT2D eigenvalue weighted by molar-refractivity contribution is 0.0722. The number of carbonyl (C=O) groups excluding carboxylic acids is 1. The van der Waals surface area contributed by atoms with E-state index in [1.807, 2.05) is 0 Å². The smallest absolute Gasteiger partial charge is 0.343 e. The van der Waals surface area contributed by atoms with Crippen molar-refractivity contribution < 1.29 is 27.1 Å². The van der Waals surface area contributed by atoms with Crippen molar-refractivity contribution in [2.45, 2.75) is 20.3 Å². The number of carbonyl (C=O) groups is 1. The first kappa shape index (κ1) is 16.0. The van der Waals surface area contributed by atoms with Gasteiger partial charge in [0.1, 0.15) is 0 Å². The highest BCUT2D eigenvalue weighted by Crippen LogP contribution is 2.31. The van der Waals surface area contributed by atoms with Crippen molar-refractivity contribution >= 4 is 5.97 Å². The number of rotatable bonds is 3. The molecule has 0 aromatic heterocycles. The summed E-state index contributed by atoms with van der Waals surface area (Å²) in [7, 11) is 0. The van der Waals surface area contributed by atoms with Gasteiger partial charge in [-0.25, -0.2) is 18.0 Å². The molecule has 0 atom stereocenters. The Balaban J connectivity index is 2.50. The largest absolute Gasteiger partial charge is 0.419 e. The van der Waals surface area contributed by atoms with Crippen LogP contribution in [0.3, 0.4) is 0 Å². The summed E-state index contributed by atoms with van der Waals surface area (Å²) < 4.78 is 58.8. The van der Waals surface area contributed by atoms with E-state index in [0.29, 0.717) is 5.56 Å².